The molecule has 0 spiro atoms. The van der Waals surface area contributed by atoms with Crippen molar-refractivity contribution in [3.8, 4) is 0 Å². The van der Waals surface area contributed by atoms with Crippen molar-refractivity contribution in [3.63, 3.8) is 0 Å². The maximum Gasteiger partial charge on any atom is 0.127 e. The van der Waals surface area contributed by atoms with Gasteiger partial charge < -0.3 is 0 Å². The molecule has 0 aromatic heterocycles. The molecule has 160 valence electrons. The number of rotatable bonds is 3. The normalized spacial score (nSPS) is 41.3. The Balaban J connectivity index is 1.48. The molecule has 0 amide bonds. The first-order valence-electron chi connectivity index (χ1n) is 12.2. The van der Waals surface area contributed by atoms with Crippen molar-refractivity contribution in [1.82, 2.24) is 4.90 Å². The summed E-state index contributed by atoms with van der Waals surface area (Å²) in [4.78, 5) is 11.9. The number of para-hydroxylation sites is 1. The third-order valence-corrected chi connectivity index (χ3v) is 9.50. The van der Waals surface area contributed by atoms with E-state index in [1.807, 2.05) is 0 Å². The van der Waals surface area contributed by atoms with E-state index in [9.17, 15) is 0 Å². The third kappa shape index (κ3) is 2.93. The third-order valence-electron chi connectivity index (χ3n) is 8.79. The van der Waals surface area contributed by atoms with Crippen LogP contribution in [0, 0.1) is 23.2 Å². The topological polar surface area (TPSA) is 18.8 Å². The van der Waals surface area contributed by atoms with Crippen molar-refractivity contribution in [2.24, 2.45) is 28.2 Å². The highest BCUT2D eigenvalue weighted by molar-refractivity contribution is 7.80. The van der Waals surface area contributed by atoms with E-state index in [1.54, 1.807) is 0 Å². The average Bonchev–Trinajstić information content (AvgIpc) is 3.27. The van der Waals surface area contributed by atoms with Crippen LogP contribution in [0.15, 0.2) is 35.3 Å². The fraction of sp³-hybridized carbons (Fsp3) is 0.692. The summed E-state index contributed by atoms with van der Waals surface area (Å²) in [6.07, 6.45) is 10.9. The van der Waals surface area contributed by atoms with Crippen molar-refractivity contribution >= 4 is 28.7 Å². The van der Waals surface area contributed by atoms with Gasteiger partial charge in [0.2, 0.25) is 0 Å². The molecule has 0 N–H and O–H groups in total. The van der Waals surface area contributed by atoms with Crippen molar-refractivity contribution < 1.29 is 0 Å². The smallest absolute Gasteiger partial charge is 0.127 e. The minimum Gasteiger partial charge on any atom is -0.293 e. The lowest BCUT2D eigenvalue weighted by Gasteiger charge is -2.55. The van der Waals surface area contributed by atoms with E-state index < -0.39 is 0 Å². The van der Waals surface area contributed by atoms with E-state index in [0.29, 0.717) is 6.04 Å². The number of nitrogens with zero attached hydrogens (tertiary/aromatic N) is 3. The fourth-order valence-corrected chi connectivity index (χ4v) is 8.27. The first kappa shape index (κ1) is 19.4. The number of hydrogen-bond acceptors (Lipinski definition) is 3. The summed E-state index contributed by atoms with van der Waals surface area (Å²) in [5, 5.41) is 0. The molecule has 6 aliphatic rings. The Labute approximate surface area is 186 Å². The molecule has 1 atom stereocenters. The number of anilines is 1. The van der Waals surface area contributed by atoms with E-state index in [0.717, 1.165) is 22.7 Å². The maximum absolute atomic E-state index is 6.18. The molecule has 4 aliphatic carbocycles. The summed E-state index contributed by atoms with van der Waals surface area (Å²) in [7, 11) is 0. The molecule has 30 heavy (non-hydrogen) atoms. The second kappa shape index (κ2) is 6.87. The highest BCUT2D eigenvalue weighted by Gasteiger charge is 2.56. The molecule has 0 radical (unpaired) electrons. The molecule has 6 fully saturated rings. The minimum absolute atomic E-state index is 0.0728. The summed E-state index contributed by atoms with van der Waals surface area (Å²) < 4.78 is 0. The van der Waals surface area contributed by atoms with Crippen molar-refractivity contribution in [1.29, 1.82) is 0 Å². The van der Waals surface area contributed by atoms with Crippen LogP contribution in [0.3, 0.4) is 0 Å². The molecular formula is C26H35N3S. The lowest BCUT2D eigenvalue weighted by atomic mass is 9.53. The van der Waals surface area contributed by atoms with E-state index in [2.05, 4.69) is 54.0 Å². The molecule has 3 nitrogen and oxygen atoms in total. The Kier molecular flexibility index (Phi) is 4.45. The second-order valence-electron chi connectivity index (χ2n) is 11.5. The van der Waals surface area contributed by atoms with E-state index in [1.165, 1.54) is 76.0 Å². The van der Waals surface area contributed by atoms with Gasteiger partial charge in [-0.1, -0.05) is 44.3 Å². The van der Waals surface area contributed by atoms with Gasteiger partial charge in [0, 0.05) is 11.1 Å². The minimum atomic E-state index is -0.0728. The van der Waals surface area contributed by atoms with Gasteiger partial charge in [0.1, 0.15) is 5.84 Å². The summed E-state index contributed by atoms with van der Waals surface area (Å²) >= 11 is 6.18. The van der Waals surface area contributed by atoms with Crippen LogP contribution in [0.5, 0.6) is 0 Å². The number of amidine groups is 1. The molecule has 2 heterocycles. The van der Waals surface area contributed by atoms with Gasteiger partial charge in [-0.15, -0.1) is 0 Å². The molecule has 1 aromatic carbocycles. The molecule has 0 unspecified atom stereocenters. The van der Waals surface area contributed by atoms with Crippen molar-refractivity contribution in [2.45, 2.75) is 76.8 Å². The Morgan fingerprint density at radius 2 is 1.47 bits per heavy atom. The largest absolute Gasteiger partial charge is 0.293 e. The van der Waals surface area contributed by atoms with E-state index in [4.69, 9.17) is 17.2 Å². The zero-order chi connectivity index (χ0) is 20.5. The quantitative estimate of drug-likeness (QED) is 0.584. The first-order chi connectivity index (χ1) is 14.5. The van der Waals surface area contributed by atoms with Gasteiger partial charge in [0.05, 0.1) is 16.6 Å². The van der Waals surface area contributed by atoms with Crippen LogP contribution >= 0.6 is 12.2 Å². The van der Waals surface area contributed by atoms with Gasteiger partial charge in [-0.2, -0.15) is 0 Å². The van der Waals surface area contributed by atoms with Gasteiger partial charge >= 0.3 is 0 Å². The molecule has 4 bridgehead atoms. The van der Waals surface area contributed by atoms with Crippen LogP contribution in [0.25, 0.3) is 0 Å². The number of thiocarbonyl (C=S) groups is 1. The summed E-state index contributed by atoms with van der Waals surface area (Å²) in [5.74, 6) is 4.01. The highest BCUT2D eigenvalue weighted by atomic mass is 32.1. The lowest BCUT2D eigenvalue weighted by Crippen LogP contribution is -2.52. The lowest BCUT2D eigenvalue weighted by molar-refractivity contribution is 0.00125. The zero-order valence-corrected chi connectivity index (χ0v) is 19.3. The number of benzene rings is 1. The van der Waals surface area contributed by atoms with Crippen LogP contribution < -0.4 is 4.90 Å². The molecule has 4 heteroatoms. The number of likely N-dealkylation sites (tertiary alicyclic amines) is 1. The number of aliphatic imine (C=N–C) groups is 1. The predicted octanol–water partition coefficient (Wildman–Crippen LogP) is 5.69. The average molecular weight is 422 g/mol. The van der Waals surface area contributed by atoms with Gasteiger partial charge in [0.25, 0.3) is 0 Å². The highest BCUT2D eigenvalue weighted by Crippen LogP contribution is 2.58. The Morgan fingerprint density at radius 1 is 0.900 bits per heavy atom. The molecule has 2 aliphatic heterocycles. The Morgan fingerprint density at radius 3 is 2.03 bits per heavy atom. The van der Waals surface area contributed by atoms with Crippen molar-refractivity contribution in [2.75, 3.05) is 18.0 Å². The number of hydrogen-bond donors (Lipinski definition) is 0. The molecule has 7 rings (SSSR count). The zero-order valence-electron chi connectivity index (χ0n) is 18.5. The van der Waals surface area contributed by atoms with Crippen LogP contribution in [-0.2, 0) is 0 Å². The van der Waals surface area contributed by atoms with Crippen LogP contribution in [0.1, 0.15) is 65.2 Å². The standard InChI is InChI=1S/C26H35N3S/c1-25(2)22(28-10-6-7-11-28)23(29(24(25)30)21-8-4-3-5-9-21)27-26-15-18-12-19(16-26)14-20(13-18)17-26/h3-5,8-9,18-20,22H,6-7,10-17H2,1-2H3/t18?,19?,20?,22-,26?/m1/s1. The summed E-state index contributed by atoms with van der Waals surface area (Å²) in [6, 6.07) is 11.1. The Bertz CT molecular complexity index is 832. The van der Waals surface area contributed by atoms with Crippen LogP contribution in [0.4, 0.5) is 5.69 Å². The SMILES string of the molecule is CC1(C)C(=S)N(c2ccccc2)C(=NC23CC4CC(CC(C4)C2)C3)[C@H]1N1CCCC1. The second-order valence-corrected chi connectivity index (χ2v) is 11.8. The Hall–Kier alpha value is -1.26. The van der Waals surface area contributed by atoms with Gasteiger partial charge in [0.15, 0.2) is 0 Å². The molecule has 2 saturated heterocycles. The fourth-order valence-electron chi connectivity index (χ4n) is 7.96. The van der Waals surface area contributed by atoms with Crippen LogP contribution in [-0.4, -0.2) is 40.4 Å². The van der Waals surface area contributed by atoms with E-state index >= 15 is 0 Å². The first-order valence-corrected chi connectivity index (χ1v) is 12.6. The van der Waals surface area contributed by atoms with Gasteiger partial charge in [-0.3, -0.25) is 14.8 Å². The maximum atomic E-state index is 6.18. The molecule has 1 aromatic rings. The summed E-state index contributed by atoms with van der Waals surface area (Å²) in [5.41, 5.74) is 1.29. The van der Waals surface area contributed by atoms with Gasteiger partial charge in [-0.05, 0) is 94.3 Å². The molecular weight excluding hydrogens is 386 g/mol. The van der Waals surface area contributed by atoms with Gasteiger partial charge in [-0.25, -0.2) is 0 Å². The van der Waals surface area contributed by atoms with Crippen LogP contribution in [0.2, 0.25) is 0 Å². The van der Waals surface area contributed by atoms with E-state index in [-0.39, 0.29) is 11.0 Å². The monoisotopic (exact) mass is 421 g/mol. The van der Waals surface area contributed by atoms with Crippen molar-refractivity contribution in [3.05, 3.63) is 30.3 Å². The molecule has 4 saturated carbocycles. The predicted molar refractivity (Wildman–Crippen MR) is 128 cm³/mol. The summed E-state index contributed by atoms with van der Waals surface area (Å²) in [6.45, 7) is 7.07.